The topological polar surface area (TPSA) is 77.5 Å². The van der Waals surface area contributed by atoms with Gasteiger partial charge in [0.15, 0.2) is 15.6 Å². The van der Waals surface area contributed by atoms with Crippen molar-refractivity contribution in [3.8, 4) is 0 Å². The Kier molecular flexibility index (Phi) is 8.30. The fourth-order valence-corrected chi connectivity index (χ4v) is 12.6. The molecular weight excluding hydrogens is 573 g/mol. The molecule has 1 fully saturated rings. The highest BCUT2D eigenvalue weighted by molar-refractivity contribution is 8.17. The van der Waals surface area contributed by atoms with Crippen LogP contribution in [-0.2, 0) is 24.2 Å². The maximum absolute atomic E-state index is 15.0. The Bertz CT molecular complexity index is 1570. The second-order valence-electron chi connectivity index (χ2n) is 10.7. The Hall–Kier alpha value is -2.81. The molecule has 2 aliphatic rings. The third-order valence-electron chi connectivity index (χ3n) is 8.54. The zero-order valence-corrected chi connectivity index (χ0v) is 26.0. The van der Waals surface area contributed by atoms with E-state index in [4.69, 9.17) is 4.74 Å². The molecule has 0 saturated heterocycles. The van der Waals surface area contributed by atoms with E-state index in [0.717, 1.165) is 22.3 Å². The molecule has 214 valence electrons. The number of sulfone groups is 1. The van der Waals surface area contributed by atoms with Crippen LogP contribution in [-0.4, -0.2) is 48.6 Å². The van der Waals surface area contributed by atoms with Gasteiger partial charge in [0.1, 0.15) is 0 Å². The zero-order chi connectivity index (χ0) is 29.4. The number of carbonyl (C=O) groups is 2. The van der Waals surface area contributed by atoms with E-state index in [1.54, 1.807) is 42.1 Å². The van der Waals surface area contributed by atoms with Gasteiger partial charge in [-0.15, -0.1) is 23.5 Å². The summed E-state index contributed by atoms with van der Waals surface area (Å²) >= 11 is 2.96. The Labute approximate surface area is 251 Å². The van der Waals surface area contributed by atoms with Crippen molar-refractivity contribution in [2.24, 2.45) is 16.7 Å². The van der Waals surface area contributed by atoms with Crippen LogP contribution in [0.25, 0.3) is 11.1 Å². The lowest BCUT2D eigenvalue weighted by Gasteiger charge is -2.44. The molecule has 5 rings (SSSR count). The Morgan fingerprint density at radius 1 is 0.829 bits per heavy atom. The van der Waals surface area contributed by atoms with Gasteiger partial charge in [-0.3, -0.25) is 9.59 Å². The summed E-state index contributed by atoms with van der Waals surface area (Å²) < 4.78 is 34.1. The molecule has 0 aromatic heterocycles. The molecule has 1 saturated carbocycles. The van der Waals surface area contributed by atoms with E-state index in [1.807, 2.05) is 81.4 Å². The van der Waals surface area contributed by atoms with Crippen LogP contribution in [0.4, 0.5) is 0 Å². The molecule has 5 atom stereocenters. The van der Waals surface area contributed by atoms with Gasteiger partial charge in [0.2, 0.25) is 0 Å². The number of hydrogen-bond acceptors (Lipinski definition) is 7. The molecule has 41 heavy (non-hydrogen) atoms. The lowest BCUT2D eigenvalue weighted by molar-refractivity contribution is -0.137. The summed E-state index contributed by atoms with van der Waals surface area (Å²) in [5, 5.41) is -1.04. The van der Waals surface area contributed by atoms with Gasteiger partial charge in [0.05, 0.1) is 38.4 Å². The minimum atomic E-state index is -4.00. The summed E-state index contributed by atoms with van der Waals surface area (Å²) in [6.07, 6.45) is 0. The number of fused-ring (bicyclic) bond motifs is 2. The van der Waals surface area contributed by atoms with Crippen molar-refractivity contribution >= 4 is 56.3 Å². The number of allylic oxidation sites excluding steroid dienone is 2. The van der Waals surface area contributed by atoms with Crippen LogP contribution in [0.5, 0.6) is 0 Å². The molecule has 5 nitrogen and oxygen atoms in total. The highest BCUT2D eigenvalue weighted by atomic mass is 32.2. The number of thioether (sulfide) groups is 2. The average Bonchev–Trinajstić information content (AvgIpc) is 3.29. The molecule has 0 radical (unpaired) electrons. The number of methoxy groups -OCH3 is 1. The third-order valence-corrected chi connectivity index (χ3v) is 13.7. The highest BCUT2D eigenvalue weighted by Crippen LogP contribution is 2.73. The van der Waals surface area contributed by atoms with Gasteiger partial charge in [0.25, 0.3) is 0 Å². The maximum Gasteiger partial charge on any atom is 0.315 e. The van der Waals surface area contributed by atoms with Gasteiger partial charge in [-0.25, -0.2) is 8.42 Å². The van der Waals surface area contributed by atoms with Crippen LogP contribution in [0.3, 0.4) is 0 Å². The number of Topliss-reactive ketones (excluding diaryl/α,β-unsaturated/α-hetero) is 1. The van der Waals surface area contributed by atoms with E-state index < -0.39 is 31.8 Å². The predicted molar refractivity (Wildman–Crippen MR) is 168 cm³/mol. The number of carbonyl (C=O) groups excluding carboxylic acids is 2. The Morgan fingerprint density at radius 3 is 1.80 bits per heavy atom. The predicted octanol–water partition coefficient (Wildman–Crippen LogP) is 6.65. The van der Waals surface area contributed by atoms with Crippen molar-refractivity contribution in [1.29, 1.82) is 0 Å². The van der Waals surface area contributed by atoms with Crippen molar-refractivity contribution < 1.29 is 22.7 Å². The van der Waals surface area contributed by atoms with E-state index in [2.05, 4.69) is 0 Å². The largest absolute Gasteiger partial charge is 0.468 e. The fourth-order valence-electron chi connectivity index (χ4n) is 6.94. The van der Waals surface area contributed by atoms with Crippen molar-refractivity contribution in [2.45, 2.75) is 35.5 Å². The summed E-state index contributed by atoms with van der Waals surface area (Å²) in [7, 11) is -2.65. The second-order valence-corrected chi connectivity index (χ2v) is 15.6. The first-order chi connectivity index (χ1) is 19.6. The van der Waals surface area contributed by atoms with Gasteiger partial charge in [0, 0.05) is 5.92 Å². The summed E-state index contributed by atoms with van der Waals surface area (Å²) in [6.45, 7) is 5.77. The van der Waals surface area contributed by atoms with Gasteiger partial charge in [-0.05, 0) is 54.0 Å². The van der Waals surface area contributed by atoms with Gasteiger partial charge < -0.3 is 4.74 Å². The number of rotatable bonds is 10. The van der Waals surface area contributed by atoms with Crippen LogP contribution in [0.1, 0.15) is 31.9 Å². The quantitative estimate of drug-likeness (QED) is 0.189. The molecule has 0 N–H and O–H groups in total. The number of ketones is 1. The van der Waals surface area contributed by atoms with Crippen molar-refractivity contribution in [3.05, 3.63) is 102 Å². The molecule has 2 aliphatic carbocycles. The Balaban J connectivity index is 1.85. The first kappa shape index (κ1) is 29.7. The molecule has 0 heterocycles. The van der Waals surface area contributed by atoms with E-state index >= 15 is 0 Å². The molecular formula is C33H34O5S3. The molecule has 0 aliphatic heterocycles. The van der Waals surface area contributed by atoms with Crippen LogP contribution < -0.4 is 0 Å². The zero-order valence-electron chi connectivity index (χ0n) is 23.6. The minimum absolute atomic E-state index is 0.0691. The average molecular weight is 607 g/mol. The van der Waals surface area contributed by atoms with Crippen molar-refractivity contribution in [3.63, 3.8) is 0 Å². The second kappa shape index (κ2) is 11.5. The monoisotopic (exact) mass is 606 g/mol. The molecule has 8 heteroatoms. The van der Waals surface area contributed by atoms with Gasteiger partial charge >= 0.3 is 5.97 Å². The fraction of sp³-hybridized carbons (Fsp3) is 0.333. The van der Waals surface area contributed by atoms with Crippen LogP contribution in [0.2, 0.25) is 0 Å². The van der Waals surface area contributed by atoms with E-state index in [0.29, 0.717) is 5.75 Å². The number of hydrogen-bond donors (Lipinski definition) is 0. The molecule has 3 aromatic carbocycles. The van der Waals surface area contributed by atoms with Crippen LogP contribution in [0, 0.1) is 16.7 Å². The summed E-state index contributed by atoms with van der Waals surface area (Å²) in [5.74, 6) is -0.303. The van der Waals surface area contributed by atoms with Gasteiger partial charge in [-0.1, -0.05) is 85.8 Å². The molecule has 3 aromatic rings. The highest BCUT2D eigenvalue weighted by Gasteiger charge is 2.76. The maximum atomic E-state index is 15.0. The number of ether oxygens (including phenoxy) is 1. The molecule has 2 bridgehead atoms. The van der Waals surface area contributed by atoms with Crippen molar-refractivity contribution in [2.75, 3.05) is 18.6 Å². The lowest BCUT2D eigenvalue weighted by Crippen LogP contribution is -2.47. The molecule has 0 spiro atoms. The molecule has 5 unspecified atom stereocenters. The van der Waals surface area contributed by atoms with Crippen molar-refractivity contribution in [1.82, 2.24) is 0 Å². The third kappa shape index (κ3) is 4.68. The first-order valence-electron chi connectivity index (χ1n) is 13.6. The summed E-state index contributed by atoms with van der Waals surface area (Å²) in [5.41, 5.74) is 0.963. The standard InChI is InChI=1S/C33H34O5S3/c1-5-39-30(40-21-25(34)38-4)28-29(41(36,37)24-19-13-8-14-20-24)33(3)27(23-17-11-7-12-18-23)26(32(28,2)31(33)35)22-15-9-6-10-16-22/h6-20,28-30H,5,21H2,1-4H3. The van der Waals surface area contributed by atoms with Crippen LogP contribution >= 0.6 is 23.5 Å². The SMILES string of the molecule is CCSC(SCC(=O)OC)C1C(S(=O)(=O)c2ccccc2)C2(C)C(=O)C1(C)C(c1ccccc1)=C2c1ccccc1. The smallest absolute Gasteiger partial charge is 0.315 e. The van der Waals surface area contributed by atoms with Gasteiger partial charge in [-0.2, -0.15) is 0 Å². The molecule has 0 amide bonds. The first-order valence-corrected chi connectivity index (χ1v) is 17.3. The van der Waals surface area contributed by atoms with E-state index in [9.17, 15) is 18.0 Å². The minimum Gasteiger partial charge on any atom is -0.468 e. The number of benzene rings is 3. The summed E-state index contributed by atoms with van der Waals surface area (Å²) in [4.78, 5) is 27.4. The van der Waals surface area contributed by atoms with E-state index in [1.165, 1.54) is 18.9 Å². The van der Waals surface area contributed by atoms with E-state index in [-0.39, 0.29) is 27.0 Å². The van der Waals surface area contributed by atoms with Crippen LogP contribution in [0.15, 0.2) is 95.9 Å². The number of esters is 1. The lowest BCUT2D eigenvalue weighted by atomic mass is 9.67. The summed E-state index contributed by atoms with van der Waals surface area (Å²) in [6, 6.07) is 28.0. The Morgan fingerprint density at radius 2 is 1.32 bits per heavy atom. The normalized spacial score (nSPS) is 26.3.